The zero-order valence-electron chi connectivity index (χ0n) is 8.14. The number of nitrogens with zero attached hydrogens (tertiary/aromatic N) is 2. The van der Waals surface area contributed by atoms with Crippen LogP contribution in [-0.4, -0.2) is 19.3 Å². The Morgan fingerprint density at radius 1 is 1.53 bits per heavy atom. The summed E-state index contributed by atoms with van der Waals surface area (Å²) in [6, 6.07) is 7.44. The van der Waals surface area contributed by atoms with E-state index in [0.717, 1.165) is 11.3 Å². The highest BCUT2D eigenvalue weighted by molar-refractivity contribution is 6.19. The van der Waals surface area contributed by atoms with Gasteiger partial charge >= 0.3 is 0 Å². The number of nitrogens with one attached hydrogen (secondary N) is 1. The Labute approximate surface area is 92.7 Å². The van der Waals surface area contributed by atoms with E-state index in [4.69, 9.17) is 22.2 Å². The van der Waals surface area contributed by atoms with E-state index in [9.17, 15) is 0 Å². The summed E-state index contributed by atoms with van der Waals surface area (Å²) in [5.74, 6) is 0.757. The van der Waals surface area contributed by atoms with Gasteiger partial charge in [-0.25, -0.2) is 5.43 Å². The van der Waals surface area contributed by atoms with Crippen LogP contribution >= 0.6 is 11.8 Å². The Hall–Kier alpha value is -1.75. The second kappa shape index (κ2) is 5.87. The fraction of sp³-hybridized carbons (Fsp3) is 0.111. The SMILES string of the molecule is COc1ccccc1C=NN/C(N)=N/Cl. The van der Waals surface area contributed by atoms with E-state index in [1.807, 2.05) is 24.3 Å². The lowest BCUT2D eigenvalue weighted by atomic mass is 10.2. The normalized spacial score (nSPS) is 11.7. The maximum atomic E-state index is 5.27. The monoisotopic (exact) mass is 226 g/mol. The van der Waals surface area contributed by atoms with Crippen LogP contribution in [0.1, 0.15) is 5.56 Å². The molecule has 6 heteroatoms. The molecule has 1 aromatic carbocycles. The minimum atomic E-state index is 0.0304. The molecule has 15 heavy (non-hydrogen) atoms. The summed E-state index contributed by atoms with van der Waals surface area (Å²) in [7, 11) is 1.59. The molecule has 0 saturated heterocycles. The molecule has 0 aliphatic rings. The molecule has 5 nitrogen and oxygen atoms in total. The van der Waals surface area contributed by atoms with Gasteiger partial charge in [-0.3, -0.25) is 0 Å². The lowest BCUT2D eigenvalue weighted by Gasteiger charge is -2.02. The van der Waals surface area contributed by atoms with Crippen molar-refractivity contribution in [2.45, 2.75) is 0 Å². The van der Waals surface area contributed by atoms with Crippen LogP contribution in [-0.2, 0) is 0 Å². The highest BCUT2D eigenvalue weighted by atomic mass is 35.5. The van der Waals surface area contributed by atoms with Gasteiger partial charge in [0.15, 0.2) is 0 Å². The third kappa shape index (κ3) is 3.47. The van der Waals surface area contributed by atoms with E-state index in [1.54, 1.807) is 13.3 Å². The molecule has 0 atom stereocenters. The minimum absolute atomic E-state index is 0.0304. The number of para-hydroxylation sites is 1. The highest BCUT2D eigenvalue weighted by Gasteiger charge is 1.96. The van der Waals surface area contributed by atoms with Gasteiger partial charge in [-0.15, -0.1) is 4.51 Å². The molecule has 0 saturated carbocycles. The molecule has 1 rings (SSSR count). The number of methoxy groups -OCH3 is 1. The Morgan fingerprint density at radius 2 is 2.27 bits per heavy atom. The van der Waals surface area contributed by atoms with Crippen molar-refractivity contribution in [2.75, 3.05) is 7.11 Å². The molecular formula is C9H11ClN4O. The van der Waals surface area contributed by atoms with Crippen molar-refractivity contribution < 1.29 is 4.74 Å². The first kappa shape index (κ1) is 11.3. The van der Waals surface area contributed by atoms with E-state index in [0.29, 0.717) is 0 Å². The van der Waals surface area contributed by atoms with Crippen molar-refractivity contribution in [3.8, 4) is 5.75 Å². The fourth-order valence-corrected chi connectivity index (χ4v) is 0.998. The van der Waals surface area contributed by atoms with Gasteiger partial charge in [0.1, 0.15) is 5.75 Å². The molecule has 3 N–H and O–H groups in total. The first-order valence-corrected chi connectivity index (χ1v) is 4.48. The van der Waals surface area contributed by atoms with Crippen LogP contribution in [0.25, 0.3) is 0 Å². The molecule has 0 fully saturated rings. The van der Waals surface area contributed by atoms with Gasteiger partial charge < -0.3 is 10.5 Å². The Balaban J connectivity index is 2.71. The maximum absolute atomic E-state index is 5.27. The summed E-state index contributed by atoms with van der Waals surface area (Å²) in [6.45, 7) is 0. The van der Waals surface area contributed by atoms with Crippen LogP contribution in [0.2, 0.25) is 0 Å². The largest absolute Gasteiger partial charge is 0.496 e. The van der Waals surface area contributed by atoms with Crippen molar-refractivity contribution >= 4 is 24.0 Å². The van der Waals surface area contributed by atoms with Gasteiger partial charge in [0, 0.05) is 17.3 Å². The van der Waals surface area contributed by atoms with Gasteiger partial charge in [0.05, 0.1) is 13.3 Å². The second-order valence-corrected chi connectivity index (χ2v) is 2.75. The van der Waals surface area contributed by atoms with Crippen molar-refractivity contribution in [1.82, 2.24) is 5.43 Å². The fourth-order valence-electron chi connectivity index (χ4n) is 0.960. The lowest BCUT2D eigenvalue weighted by molar-refractivity contribution is 0.414. The number of benzene rings is 1. The molecule has 0 aliphatic heterocycles. The minimum Gasteiger partial charge on any atom is -0.496 e. The van der Waals surface area contributed by atoms with Gasteiger partial charge in [-0.1, -0.05) is 12.1 Å². The Bertz CT molecular complexity index is 378. The number of hydrazone groups is 1. The summed E-state index contributed by atoms with van der Waals surface area (Å²) in [4.78, 5) is 0. The summed E-state index contributed by atoms with van der Waals surface area (Å²) in [6.07, 6.45) is 1.56. The van der Waals surface area contributed by atoms with E-state index < -0.39 is 0 Å². The predicted molar refractivity (Wildman–Crippen MR) is 61.2 cm³/mol. The van der Waals surface area contributed by atoms with Crippen LogP contribution in [0, 0.1) is 0 Å². The first-order chi connectivity index (χ1) is 7.27. The van der Waals surface area contributed by atoms with Gasteiger partial charge in [-0.2, -0.15) is 5.10 Å². The number of hydrogen-bond acceptors (Lipinski definition) is 3. The molecule has 80 valence electrons. The third-order valence-electron chi connectivity index (χ3n) is 1.61. The molecule has 0 aromatic heterocycles. The number of rotatable bonds is 3. The van der Waals surface area contributed by atoms with Crippen LogP contribution in [0.5, 0.6) is 5.75 Å². The molecule has 0 aliphatic carbocycles. The van der Waals surface area contributed by atoms with E-state index in [2.05, 4.69) is 15.0 Å². The maximum Gasteiger partial charge on any atom is 0.226 e. The van der Waals surface area contributed by atoms with Crippen LogP contribution in [0.3, 0.4) is 0 Å². The van der Waals surface area contributed by atoms with Gasteiger partial charge in [0.2, 0.25) is 5.96 Å². The number of halogens is 1. The van der Waals surface area contributed by atoms with Crippen molar-refractivity contribution in [2.24, 2.45) is 15.3 Å². The predicted octanol–water partition coefficient (Wildman–Crippen LogP) is 1.09. The smallest absolute Gasteiger partial charge is 0.226 e. The Morgan fingerprint density at radius 3 is 2.93 bits per heavy atom. The lowest BCUT2D eigenvalue weighted by Crippen LogP contribution is -2.26. The van der Waals surface area contributed by atoms with E-state index in [1.165, 1.54) is 0 Å². The quantitative estimate of drug-likeness (QED) is 0.460. The first-order valence-electron chi connectivity index (χ1n) is 4.14. The van der Waals surface area contributed by atoms with Crippen molar-refractivity contribution in [3.63, 3.8) is 0 Å². The number of nitrogens with two attached hydrogens (primary N) is 1. The molecule has 0 spiro atoms. The van der Waals surface area contributed by atoms with Crippen LogP contribution in [0.15, 0.2) is 33.9 Å². The highest BCUT2D eigenvalue weighted by Crippen LogP contribution is 2.14. The van der Waals surface area contributed by atoms with E-state index >= 15 is 0 Å². The molecule has 0 heterocycles. The topological polar surface area (TPSA) is 72.0 Å². The summed E-state index contributed by atoms with van der Waals surface area (Å²) in [5, 5.41) is 3.83. The number of hydrogen-bond donors (Lipinski definition) is 2. The molecule has 0 bridgehead atoms. The zero-order valence-corrected chi connectivity index (χ0v) is 8.90. The van der Waals surface area contributed by atoms with Gasteiger partial charge in [0.25, 0.3) is 0 Å². The number of ether oxygens (including phenoxy) is 1. The molecule has 0 amide bonds. The standard InChI is InChI=1S/C9H11ClN4O/c1-15-8-5-3-2-4-7(8)6-12-14-9(11)13-10/h2-6H,1H3,(H3,11,13,14). The summed E-state index contributed by atoms with van der Waals surface area (Å²) in [5.41, 5.74) is 8.54. The molecule has 0 radical (unpaired) electrons. The third-order valence-corrected chi connectivity index (χ3v) is 1.79. The Kier molecular flexibility index (Phi) is 4.43. The van der Waals surface area contributed by atoms with E-state index in [-0.39, 0.29) is 5.96 Å². The zero-order chi connectivity index (χ0) is 11.1. The second-order valence-electron chi connectivity index (χ2n) is 2.58. The summed E-state index contributed by atoms with van der Waals surface area (Å²) >= 11 is 5.09. The average molecular weight is 227 g/mol. The van der Waals surface area contributed by atoms with Gasteiger partial charge in [-0.05, 0) is 12.1 Å². The molecule has 0 unspecified atom stereocenters. The van der Waals surface area contributed by atoms with Crippen LogP contribution in [0.4, 0.5) is 0 Å². The number of guanidine groups is 1. The van der Waals surface area contributed by atoms with Crippen molar-refractivity contribution in [1.29, 1.82) is 0 Å². The summed E-state index contributed by atoms with van der Waals surface area (Å²) < 4.78 is 8.30. The van der Waals surface area contributed by atoms with Crippen LogP contribution < -0.4 is 15.9 Å². The average Bonchev–Trinajstić information content (AvgIpc) is 2.29. The van der Waals surface area contributed by atoms with Crippen molar-refractivity contribution in [3.05, 3.63) is 29.8 Å². The molecular weight excluding hydrogens is 216 g/mol. The molecule has 1 aromatic rings.